The normalized spacial score (nSPS) is 10.3. The highest BCUT2D eigenvalue weighted by Crippen LogP contribution is 2.12. The van der Waals surface area contributed by atoms with E-state index in [1.54, 1.807) is 6.20 Å². The molecule has 0 aliphatic heterocycles. The van der Waals surface area contributed by atoms with Crippen LogP contribution in [0.25, 0.3) is 0 Å². The van der Waals surface area contributed by atoms with Gasteiger partial charge in [0.05, 0.1) is 12.2 Å². The van der Waals surface area contributed by atoms with Gasteiger partial charge in [-0.2, -0.15) is 25.1 Å². The van der Waals surface area contributed by atoms with Gasteiger partial charge in [-0.25, -0.2) is 0 Å². The summed E-state index contributed by atoms with van der Waals surface area (Å²) in [4.78, 5) is 14.6. The van der Waals surface area contributed by atoms with Crippen LogP contribution in [-0.4, -0.2) is 38.2 Å². The van der Waals surface area contributed by atoms with Gasteiger partial charge in [0.15, 0.2) is 0 Å². The Morgan fingerprint density at radius 3 is 2.65 bits per heavy atom. The maximum absolute atomic E-state index is 5.72. The molecule has 0 aliphatic carbocycles. The Morgan fingerprint density at radius 2 is 2.00 bits per heavy atom. The molecular weight excluding hydrogens is 256 g/mol. The van der Waals surface area contributed by atoms with Crippen LogP contribution in [0.4, 0.5) is 17.8 Å². The summed E-state index contributed by atoms with van der Waals surface area (Å²) in [7, 11) is 0. The molecule has 8 heteroatoms. The van der Waals surface area contributed by atoms with E-state index in [-0.39, 0.29) is 5.95 Å². The largest absolute Gasteiger partial charge is 0.368 e. The molecule has 3 N–H and O–H groups in total. The zero-order chi connectivity index (χ0) is 14.4. The van der Waals surface area contributed by atoms with E-state index in [1.807, 2.05) is 30.9 Å². The van der Waals surface area contributed by atoms with Crippen molar-refractivity contribution in [2.45, 2.75) is 20.4 Å². The SMILES string of the molecule is CCN(CC)c1nc(N)nc(NCc2cccnn2)n1. The maximum Gasteiger partial charge on any atom is 0.231 e. The minimum Gasteiger partial charge on any atom is -0.368 e. The number of aromatic nitrogens is 5. The van der Waals surface area contributed by atoms with Gasteiger partial charge in [-0.3, -0.25) is 0 Å². The summed E-state index contributed by atoms with van der Waals surface area (Å²) in [5, 5.41) is 10.9. The molecule has 0 fully saturated rings. The molecule has 20 heavy (non-hydrogen) atoms. The summed E-state index contributed by atoms with van der Waals surface area (Å²) in [6.45, 7) is 6.17. The third kappa shape index (κ3) is 3.50. The highest BCUT2D eigenvalue weighted by Gasteiger charge is 2.09. The summed E-state index contributed by atoms with van der Waals surface area (Å²) >= 11 is 0. The van der Waals surface area contributed by atoms with Crippen LogP contribution in [-0.2, 0) is 6.54 Å². The summed E-state index contributed by atoms with van der Waals surface area (Å²) in [5.41, 5.74) is 6.52. The zero-order valence-electron chi connectivity index (χ0n) is 11.6. The van der Waals surface area contributed by atoms with Crippen LogP contribution in [0.15, 0.2) is 18.3 Å². The molecule has 2 aromatic heterocycles. The smallest absolute Gasteiger partial charge is 0.231 e. The summed E-state index contributed by atoms with van der Waals surface area (Å²) in [6.07, 6.45) is 1.63. The highest BCUT2D eigenvalue weighted by molar-refractivity contribution is 5.41. The van der Waals surface area contributed by atoms with Crippen molar-refractivity contribution in [3.05, 3.63) is 24.0 Å². The Morgan fingerprint density at radius 1 is 1.20 bits per heavy atom. The van der Waals surface area contributed by atoms with Gasteiger partial charge < -0.3 is 16.0 Å². The lowest BCUT2D eigenvalue weighted by Gasteiger charge is -2.18. The monoisotopic (exact) mass is 274 g/mol. The first-order valence-electron chi connectivity index (χ1n) is 6.49. The second-order valence-corrected chi connectivity index (χ2v) is 4.06. The summed E-state index contributed by atoms with van der Waals surface area (Å²) < 4.78 is 0. The number of nitrogens with zero attached hydrogens (tertiary/aromatic N) is 6. The van der Waals surface area contributed by atoms with Gasteiger partial charge in [0.25, 0.3) is 0 Å². The van der Waals surface area contributed by atoms with E-state index in [0.717, 1.165) is 18.8 Å². The number of nitrogens with one attached hydrogen (secondary N) is 1. The second kappa shape index (κ2) is 6.60. The van der Waals surface area contributed by atoms with Crippen LogP contribution in [0.1, 0.15) is 19.5 Å². The average molecular weight is 274 g/mol. The Bertz CT molecular complexity index is 540. The molecule has 0 bridgehead atoms. The first kappa shape index (κ1) is 13.9. The van der Waals surface area contributed by atoms with Crippen molar-refractivity contribution in [1.82, 2.24) is 25.1 Å². The number of anilines is 3. The van der Waals surface area contributed by atoms with E-state index < -0.39 is 0 Å². The molecular formula is C12H18N8. The lowest BCUT2D eigenvalue weighted by atomic mass is 10.4. The molecule has 0 radical (unpaired) electrons. The minimum atomic E-state index is 0.198. The van der Waals surface area contributed by atoms with Crippen molar-refractivity contribution in [3.8, 4) is 0 Å². The molecule has 0 atom stereocenters. The van der Waals surface area contributed by atoms with Gasteiger partial charge in [-0.15, -0.1) is 0 Å². The molecule has 0 amide bonds. The van der Waals surface area contributed by atoms with Crippen molar-refractivity contribution in [1.29, 1.82) is 0 Å². The van der Waals surface area contributed by atoms with Gasteiger partial charge in [0.1, 0.15) is 0 Å². The fourth-order valence-corrected chi connectivity index (χ4v) is 1.70. The average Bonchev–Trinajstić information content (AvgIpc) is 2.47. The molecule has 0 aromatic carbocycles. The molecule has 0 saturated carbocycles. The Balaban J connectivity index is 2.12. The van der Waals surface area contributed by atoms with Crippen molar-refractivity contribution in [3.63, 3.8) is 0 Å². The van der Waals surface area contributed by atoms with Crippen LogP contribution in [0, 0.1) is 0 Å². The second-order valence-electron chi connectivity index (χ2n) is 4.06. The van der Waals surface area contributed by atoms with Gasteiger partial charge in [-0.1, -0.05) is 0 Å². The van der Waals surface area contributed by atoms with Crippen molar-refractivity contribution in [2.75, 3.05) is 29.0 Å². The van der Waals surface area contributed by atoms with Crippen molar-refractivity contribution < 1.29 is 0 Å². The van der Waals surface area contributed by atoms with Crippen LogP contribution in [0.5, 0.6) is 0 Å². The first-order valence-corrected chi connectivity index (χ1v) is 6.49. The molecule has 2 heterocycles. The fourth-order valence-electron chi connectivity index (χ4n) is 1.70. The zero-order valence-corrected chi connectivity index (χ0v) is 11.6. The van der Waals surface area contributed by atoms with E-state index in [0.29, 0.717) is 18.4 Å². The van der Waals surface area contributed by atoms with Crippen molar-refractivity contribution >= 4 is 17.8 Å². The summed E-state index contributed by atoms with van der Waals surface area (Å²) in [6, 6.07) is 3.70. The standard InChI is InChI=1S/C12H18N8/c1-3-20(4-2)12-17-10(13)16-11(18-12)14-8-9-6-5-7-15-19-9/h5-7H,3-4,8H2,1-2H3,(H3,13,14,16,17,18). The van der Waals surface area contributed by atoms with E-state index in [9.17, 15) is 0 Å². The number of nitrogen functional groups attached to an aromatic ring is 1. The van der Waals surface area contributed by atoms with Crippen molar-refractivity contribution in [2.24, 2.45) is 0 Å². The number of hydrogen-bond acceptors (Lipinski definition) is 8. The lowest BCUT2D eigenvalue weighted by Crippen LogP contribution is -2.25. The fraction of sp³-hybridized carbons (Fsp3) is 0.417. The Labute approximate surface area is 117 Å². The van der Waals surface area contributed by atoms with E-state index in [2.05, 4.69) is 30.5 Å². The number of hydrogen-bond donors (Lipinski definition) is 2. The molecule has 0 aliphatic rings. The highest BCUT2D eigenvalue weighted by atomic mass is 15.3. The minimum absolute atomic E-state index is 0.198. The van der Waals surface area contributed by atoms with E-state index in [1.165, 1.54) is 0 Å². The number of rotatable bonds is 6. The van der Waals surface area contributed by atoms with Crippen LogP contribution in [0.3, 0.4) is 0 Å². The first-order chi connectivity index (χ1) is 9.72. The molecule has 0 spiro atoms. The topological polar surface area (TPSA) is 106 Å². The predicted molar refractivity (Wildman–Crippen MR) is 77.2 cm³/mol. The Hall–Kier alpha value is -2.51. The van der Waals surface area contributed by atoms with Crippen LogP contribution >= 0.6 is 0 Å². The third-order valence-corrected chi connectivity index (χ3v) is 2.74. The molecule has 2 aromatic rings. The van der Waals surface area contributed by atoms with Crippen LogP contribution < -0.4 is 16.0 Å². The lowest BCUT2D eigenvalue weighted by molar-refractivity contribution is 0.812. The molecule has 2 rings (SSSR count). The quantitative estimate of drug-likeness (QED) is 0.793. The van der Waals surface area contributed by atoms with Gasteiger partial charge >= 0.3 is 0 Å². The Kier molecular flexibility index (Phi) is 4.59. The maximum atomic E-state index is 5.72. The van der Waals surface area contributed by atoms with Gasteiger partial charge in [0, 0.05) is 19.3 Å². The van der Waals surface area contributed by atoms with Gasteiger partial charge in [-0.05, 0) is 26.0 Å². The molecule has 0 unspecified atom stereocenters. The third-order valence-electron chi connectivity index (χ3n) is 2.74. The van der Waals surface area contributed by atoms with Crippen LogP contribution in [0.2, 0.25) is 0 Å². The molecule has 0 saturated heterocycles. The number of nitrogens with two attached hydrogens (primary N) is 1. The molecule has 8 nitrogen and oxygen atoms in total. The summed E-state index contributed by atoms with van der Waals surface area (Å²) in [5.74, 6) is 1.21. The van der Waals surface area contributed by atoms with Gasteiger partial charge in [0.2, 0.25) is 17.8 Å². The predicted octanol–water partition coefficient (Wildman–Crippen LogP) is 0.702. The van der Waals surface area contributed by atoms with E-state index in [4.69, 9.17) is 5.73 Å². The van der Waals surface area contributed by atoms with E-state index >= 15 is 0 Å². The molecule has 106 valence electrons.